The minimum atomic E-state index is -1.67. The normalized spacial score (nSPS) is 29.5. The van der Waals surface area contributed by atoms with Gasteiger partial charge in [-0.2, -0.15) is 0 Å². The summed E-state index contributed by atoms with van der Waals surface area (Å²) in [5.74, 6) is 0.307. The monoisotopic (exact) mass is 622 g/mol. The highest BCUT2D eigenvalue weighted by atomic mass is 31.1. The molecular formula is C22H25FN10O7P2. The highest BCUT2D eigenvalue weighted by molar-refractivity contribution is 7.32. The summed E-state index contributed by atoms with van der Waals surface area (Å²) in [4.78, 5) is 29.1. The van der Waals surface area contributed by atoms with Gasteiger partial charge in [0.2, 0.25) is 0 Å². The second-order valence-electron chi connectivity index (χ2n) is 9.29. The van der Waals surface area contributed by atoms with Crippen LogP contribution in [-0.2, 0) is 23.6 Å². The molecule has 2 fully saturated rings. The summed E-state index contributed by atoms with van der Waals surface area (Å²) in [5, 5.41) is 20.4. The highest BCUT2D eigenvalue weighted by Gasteiger charge is 2.49. The Morgan fingerprint density at radius 3 is 2.19 bits per heavy atom. The van der Waals surface area contributed by atoms with Crippen molar-refractivity contribution in [2.75, 3.05) is 24.2 Å². The molecule has 17 nitrogen and oxygen atoms in total. The summed E-state index contributed by atoms with van der Waals surface area (Å²) in [5.41, 5.74) is 15.5. The predicted octanol–water partition coefficient (Wildman–Crippen LogP) is -0.0286. The van der Waals surface area contributed by atoms with Crippen molar-refractivity contribution in [3.05, 3.63) is 25.3 Å². The van der Waals surface area contributed by atoms with Gasteiger partial charge in [0.15, 0.2) is 41.6 Å². The van der Waals surface area contributed by atoms with E-state index in [-0.39, 0.29) is 33.2 Å². The van der Waals surface area contributed by atoms with Gasteiger partial charge in [-0.1, -0.05) is 9.24 Å². The lowest BCUT2D eigenvalue weighted by Gasteiger charge is -2.21. The Balaban J connectivity index is 1.16. The summed E-state index contributed by atoms with van der Waals surface area (Å²) in [6.07, 6.45) is -1.21. The van der Waals surface area contributed by atoms with Crippen molar-refractivity contribution in [2.45, 2.75) is 49.1 Å². The minimum Gasteiger partial charge on any atom is -0.444 e. The number of hydrogen-bond acceptors (Lipinski definition) is 15. The molecule has 42 heavy (non-hydrogen) atoms. The number of nitrogens with two attached hydrogens (primary N) is 2. The number of rotatable bonds is 9. The second-order valence-corrected chi connectivity index (χ2v) is 10.5. The van der Waals surface area contributed by atoms with Crippen molar-refractivity contribution in [3.63, 3.8) is 0 Å². The summed E-state index contributed by atoms with van der Waals surface area (Å²) in [6.45, 7) is -0.0843. The van der Waals surface area contributed by atoms with Crippen LogP contribution < -0.4 is 11.5 Å². The molecule has 0 amide bonds. The largest absolute Gasteiger partial charge is 0.444 e. The van der Waals surface area contributed by atoms with Crippen molar-refractivity contribution in [1.82, 2.24) is 39.0 Å². The van der Waals surface area contributed by atoms with Crippen LogP contribution in [-0.4, -0.2) is 98.9 Å². The third-order valence-electron chi connectivity index (χ3n) is 6.90. The van der Waals surface area contributed by atoms with Crippen LogP contribution in [0.2, 0.25) is 0 Å². The Hall–Kier alpha value is -3.39. The number of nitrogen functional groups attached to an aromatic ring is 2. The second kappa shape index (κ2) is 12.1. The van der Waals surface area contributed by atoms with Gasteiger partial charge in [-0.15, -0.1) is 0 Å². The third kappa shape index (κ3) is 5.08. The summed E-state index contributed by atoms with van der Waals surface area (Å²) in [6, 6.07) is 0. The van der Waals surface area contributed by atoms with Gasteiger partial charge < -0.3 is 35.3 Å². The number of anilines is 2. The molecule has 20 heteroatoms. The Morgan fingerprint density at radius 1 is 0.952 bits per heavy atom. The molecule has 0 radical (unpaired) electrons. The van der Waals surface area contributed by atoms with E-state index in [0.29, 0.717) is 22.3 Å². The predicted molar refractivity (Wildman–Crippen MR) is 147 cm³/mol. The summed E-state index contributed by atoms with van der Waals surface area (Å²) in [7, 11) is 1.84. The van der Waals surface area contributed by atoms with Crippen molar-refractivity contribution in [1.29, 1.82) is 0 Å². The number of halogens is 1. The minimum absolute atomic E-state index is 0.0843. The number of imidazole rings is 2. The van der Waals surface area contributed by atoms with Crippen molar-refractivity contribution in [3.8, 4) is 11.8 Å². The molecule has 6 N–H and O–H groups in total. The van der Waals surface area contributed by atoms with E-state index in [0.717, 1.165) is 0 Å². The molecule has 6 rings (SSSR count). The number of aliphatic hydroxyl groups is 1. The zero-order chi connectivity index (χ0) is 29.4. The maximum absolute atomic E-state index is 15.9. The van der Waals surface area contributed by atoms with E-state index in [4.69, 9.17) is 30.2 Å². The van der Waals surface area contributed by atoms with Gasteiger partial charge >= 0.3 is 0 Å². The van der Waals surface area contributed by atoms with Crippen LogP contribution in [0.15, 0.2) is 25.3 Å². The first-order valence-electron chi connectivity index (χ1n) is 12.4. The Bertz CT molecular complexity index is 1640. The lowest BCUT2D eigenvalue weighted by Crippen LogP contribution is -2.35. The topological polar surface area (TPSA) is 226 Å². The molecule has 10 atom stereocenters. The zero-order valence-electron chi connectivity index (χ0n) is 21.5. The van der Waals surface area contributed by atoms with E-state index in [1.54, 1.807) is 0 Å². The van der Waals surface area contributed by atoms with Crippen LogP contribution in [0.3, 0.4) is 0 Å². The first-order valence-corrected chi connectivity index (χ1v) is 14.1. The molecule has 0 spiro atoms. The maximum Gasteiger partial charge on any atom is 0.174 e. The Morgan fingerprint density at radius 2 is 1.57 bits per heavy atom. The third-order valence-corrected chi connectivity index (χ3v) is 8.03. The van der Waals surface area contributed by atoms with Crippen LogP contribution in [0.1, 0.15) is 12.5 Å². The fourth-order valence-electron chi connectivity index (χ4n) is 4.94. The number of fused-ring (bicyclic) bond motifs is 2. The van der Waals surface area contributed by atoms with Crippen molar-refractivity contribution >= 4 is 52.0 Å². The fourth-order valence-corrected chi connectivity index (χ4v) is 6.09. The molecular weight excluding hydrogens is 597 g/mol. The lowest BCUT2D eigenvalue weighted by molar-refractivity contribution is -0.297. The fraction of sp³-hybridized carbons (Fsp3) is 0.455. The van der Waals surface area contributed by atoms with Crippen molar-refractivity contribution in [2.24, 2.45) is 0 Å². The van der Waals surface area contributed by atoms with Gasteiger partial charge in [0.25, 0.3) is 0 Å². The van der Waals surface area contributed by atoms with E-state index < -0.39 is 49.1 Å². The highest BCUT2D eigenvalue weighted by Crippen LogP contribution is 2.41. The smallest absolute Gasteiger partial charge is 0.174 e. The number of aliphatic hydroxyl groups excluding tert-OH is 1. The average Bonchev–Trinajstić information content (AvgIpc) is 3.74. The molecule has 0 aromatic carbocycles. The van der Waals surface area contributed by atoms with Gasteiger partial charge in [-0.3, -0.25) is 14.4 Å². The number of nitrogens with zero attached hydrogens (tertiary/aromatic N) is 8. The zero-order valence-corrected chi connectivity index (χ0v) is 23.6. The SMILES string of the molecule is Nc1ncnc2c1ncn2C1OC(CPOC2C(COC#CP)OC(n3cnc4c(N)ncnc43)C2F)C(OO)C1O. The molecule has 2 saturated heterocycles. The molecule has 0 bridgehead atoms. The van der Waals surface area contributed by atoms with Gasteiger partial charge in [0.1, 0.15) is 60.8 Å². The average molecular weight is 622 g/mol. The first kappa shape index (κ1) is 28.7. The summed E-state index contributed by atoms with van der Waals surface area (Å²) < 4.78 is 42.0. The Labute approximate surface area is 240 Å². The first-order chi connectivity index (χ1) is 20.4. The number of ether oxygens (including phenoxy) is 3. The molecule has 2 aliphatic heterocycles. The van der Waals surface area contributed by atoms with Crippen LogP contribution in [0, 0.1) is 11.8 Å². The molecule has 10 unspecified atom stereocenters. The summed E-state index contributed by atoms with van der Waals surface area (Å²) >= 11 is 0. The van der Waals surface area contributed by atoms with Gasteiger partial charge in [-0.25, -0.2) is 39.2 Å². The van der Waals surface area contributed by atoms with E-state index in [1.807, 2.05) is 0 Å². The molecule has 2 aliphatic rings. The van der Waals surface area contributed by atoms with Gasteiger partial charge in [0, 0.05) is 15.0 Å². The molecule has 4 aromatic rings. The van der Waals surface area contributed by atoms with Gasteiger partial charge in [0.05, 0.1) is 18.8 Å². The molecule has 0 saturated carbocycles. The van der Waals surface area contributed by atoms with Crippen LogP contribution in [0.5, 0.6) is 0 Å². The molecule has 4 aromatic heterocycles. The standard InChI is InChI=1S/C22H25FN10O7P2/c23-11-15(9(3-36-1-2-41)37-21(11)32-7-30-12-17(24)26-5-28-19(12)32)40-42-4-10-16(39-35)14(34)22(38-10)33-8-31-13-18(25)27-6-29-20(13)33/h5-11,14-16,21-22,34-35,42H,3-4,41H2,(H2,24,26,28)(H2,25,27,29). The molecule has 6 heterocycles. The molecule has 222 valence electrons. The number of alkyl halides is 1. The molecule has 0 aliphatic carbocycles. The van der Waals surface area contributed by atoms with E-state index in [9.17, 15) is 10.4 Å². The maximum atomic E-state index is 15.9. The van der Waals surface area contributed by atoms with E-state index in [1.165, 1.54) is 34.4 Å². The van der Waals surface area contributed by atoms with E-state index >= 15 is 4.39 Å². The van der Waals surface area contributed by atoms with Crippen LogP contribution >= 0.6 is 18.0 Å². The van der Waals surface area contributed by atoms with Crippen molar-refractivity contribution < 1.29 is 38.4 Å². The lowest BCUT2D eigenvalue weighted by atomic mass is 10.1. The van der Waals surface area contributed by atoms with Crippen LogP contribution in [0.4, 0.5) is 16.0 Å². The van der Waals surface area contributed by atoms with Gasteiger partial charge in [-0.05, 0) is 5.66 Å². The number of aromatic nitrogens is 8. The Kier molecular flexibility index (Phi) is 8.26. The quantitative estimate of drug-likeness (QED) is 0.0832. The van der Waals surface area contributed by atoms with Crippen LogP contribution in [0.25, 0.3) is 22.3 Å². The number of hydrogen-bond donors (Lipinski definition) is 4. The van der Waals surface area contributed by atoms with E-state index in [2.05, 4.69) is 55.8 Å².